The molecule has 0 spiro atoms. The maximum Gasteiger partial charge on any atom is 0.432 e. The molecule has 0 aromatic heterocycles. The Morgan fingerprint density at radius 3 is 1.73 bits per heavy atom. The molecule has 0 atom stereocenters. The molecular weight excluding hydrogens is 160 g/mol. The molecule has 0 saturated carbocycles. The lowest BCUT2D eigenvalue weighted by Crippen LogP contribution is -2.05. The van der Waals surface area contributed by atoms with Crippen molar-refractivity contribution in [1.29, 1.82) is 0 Å². The van der Waals surface area contributed by atoms with Crippen LogP contribution in [-0.2, 0) is 0 Å². The van der Waals surface area contributed by atoms with Crippen LogP contribution < -0.4 is 0 Å². The number of halogens is 3. The molecule has 0 saturated heterocycles. The molecule has 2 N–H and O–H groups in total. The van der Waals surface area contributed by atoms with E-state index in [0.29, 0.717) is 6.42 Å². The van der Waals surface area contributed by atoms with E-state index in [0.717, 1.165) is 0 Å². The molecule has 0 aliphatic carbocycles. The van der Waals surface area contributed by atoms with E-state index in [2.05, 4.69) is 0 Å². The predicted octanol–water partition coefficient (Wildman–Crippen LogP) is 0.976. The van der Waals surface area contributed by atoms with Gasteiger partial charge in [0.1, 0.15) is 0 Å². The Balaban J connectivity index is 0. The summed E-state index contributed by atoms with van der Waals surface area (Å²) in [5.41, 5.74) is 0. The monoisotopic (exact) mass is 172 g/mol. The van der Waals surface area contributed by atoms with E-state index in [1.165, 1.54) is 0 Å². The zero-order valence-corrected chi connectivity index (χ0v) is 6.36. The topological polar surface area (TPSA) is 40.5 Å². The minimum Gasteiger partial charge on any atom is -0.430 e. The van der Waals surface area contributed by atoms with E-state index in [9.17, 15) is 13.2 Å². The van der Waals surface area contributed by atoms with Crippen LogP contribution in [0.15, 0.2) is 0 Å². The van der Waals surface area contributed by atoms with Crippen LogP contribution in [0.2, 0.25) is 0 Å². The maximum absolute atomic E-state index is 11.2. The van der Waals surface area contributed by atoms with Crippen LogP contribution >= 0.6 is 0 Å². The molecular formula is C5H12BF3O2. The third-order valence-corrected chi connectivity index (χ3v) is 0.814. The Kier molecular flexibility index (Phi) is 9.57. The first kappa shape index (κ1) is 13.4. The number of unbranched alkanes of at least 4 members (excludes halogenated alkanes) is 1. The van der Waals surface area contributed by atoms with Gasteiger partial charge >= 0.3 is 13.9 Å². The highest BCUT2D eigenvalue weighted by Gasteiger charge is 2.25. The lowest BCUT2D eigenvalue weighted by molar-refractivity contribution is -0.135. The van der Waals surface area contributed by atoms with Gasteiger partial charge in [0.05, 0.1) is 0 Å². The molecule has 0 aliphatic heterocycles. The van der Waals surface area contributed by atoms with Gasteiger partial charge in [-0.25, -0.2) is 0 Å². The van der Waals surface area contributed by atoms with Gasteiger partial charge in [-0.05, 0) is 6.42 Å². The maximum atomic E-state index is 11.2. The van der Waals surface area contributed by atoms with Crippen molar-refractivity contribution in [2.24, 2.45) is 0 Å². The number of hydrogen-bond donors (Lipinski definition) is 2. The first-order valence-corrected chi connectivity index (χ1v) is 3.26. The largest absolute Gasteiger partial charge is 0.432 e. The fourth-order valence-electron chi connectivity index (χ4n) is 0.377. The zero-order chi connectivity index (χ0) is 9.33. The fraction of sp³-hybridized carbons (Fsp3) is 1.00. The first-order chi connectivity index (χ1) is 4.97. The summed E-state index contributed by atoms with van der Waals surface area (Å²) >= 11 is 0. The van der Waals surface area contributed by atoms with Crippen LogP contribution in [0.25, 0.3) is 0 Å². The van der Waals surface area contributed by atoms with Gasteiger partial charge in [-0.15, -0.1) is 0 Å². The van der Waals surface area contributed by atoms with E-state index in [-0.39, 0.29) is 6.42 Å². The number of rotatable bonds is 2. The predicted molar refractivity (Wildman–Crippen MR) is 37.2 cm³/mol. The second-order valence-corrected chi connectivity index (χ2v) is 1.86. The van der Waals surface area contributed by atoms with Gasteiger partial charge < -0.3 is 10.0 Å². The van der Waals surface area contributed by atoms with Crippen molar-refractivity contribution in [2.75, 3.05) is 0 Å². The summed E-state index contributed by atoms with van der Waals surface area (Å²) in [4.78, 5) is 0. The summed E-state index contributed by atoms with van der Waals surface area (Å²) in [6.07, 6.45) is -3.72. The van der Waals surface area contributed by atoms with E-state index in [1.807, 2.05) is 0 Å². The van der Waals surface area contributed by atoms with Crippen LogP contribution in [0.5, 0.6) is 0 Å². The third-order valence-electron chi connectivity index (χ3n) is 0.814. The van der Waals surface area contributed by atoms with Crippen molar-refractivity contribution in [3.05, 3.63) is 0 Å². The molecule has 0 aliphatic rings. The fourth-order valence-corrected chi connectivity index (χ4v) is 0.377. The highest BCUT2D eigenvalue weighted by Crippen LogP contribution is 2.21. The van der Waals surface area contributed by atoms with E-state index >= 15 is 0 Å². The van der Waals surface area contributed by atoms with Crippen molar-refractivity contribution >= 4 is 7.69 Å². The van der Waals surface area contributed by atoms with E-state index in [4.69, 9.17) is 10.0 Å². The smallest absolute Gasteiger partial charge is 0.430 e. The summed E-state index contributed by atoms with van der Waals surface area (Å²) in [6, 6.07) is 0. The van der Waals surface area contributed by atoms with E-state index < -0.39 is 20.3 Å². The molecule has 0 amide bonds. The van der Waals surface area contributed by atoms with E-state index in [1.54, 1.807) is 6.92 Å². The molecule has 2 nitrogen and oxygen atoms in total. The Bertz CT molecular complexity index is 76.6. The molecule has 11 heavy (non-hydrogen) atoms. The summed E-state index contributed by atoms with van der Waals surface area (Å²) in [5, 5.41) is 14.2. The van der Waals surface area contributed by atoms with Crippen LogP contribution in [0.4, 0.5) is 13.2 Å². The number of hydrogen-bond acceptors (Lipinski definition) is 2. The Hall–Kier alpha value is -0.225. The molecule has 68 valence electrons. The van der Waals surface area contributed by atoms with Gasteiger partial charge in [0.25, 0.3) is 0 Å². The van der Waals surface area contributed by atoms with Crippen LogP contribution in [0.3, 0.4) is 0 Å². The van der Waals surface area contributed by atoms with Crippen molar-refractivity contribution in [1.82, 2.24) is 0 Å². The summed E-state index contributed by atoms with van der Waals surface area (Å²) in [6.45, 7) is 1.74. The molecule has 0 unspecified atom stereocenters. The summed E-state index contributed by atoms with van der Waals surface area (Å²) in [7, 11) is -0.750. The lowest BCUT2D eigenvalue weighted by atomic mass is 10.2. The van der Waals surface area contributed by atoms with Gasteiger partial charge in [0, 0.05) is 6.42 Å². The molecule has 0 aromatic carbocycles. The van der Waals surface area contributed by atoms with Crippen LogP contribution in [0.1, 0.15) is 26.2 Å². The van der Waals surface area contributed by atoms with Gasteiger partial charge in [0.15, 0.2) is 0 Å². The zero-order valence-electron chi connectivity index (χ0n) is 6.36. The highest BCUT2D eigenvalue weighted by atomic mass is 19.4. The minimum atomic E-state index is -3.95. The lowest BCUT2D eigenvalue weighted by Gasteiger charge is -2.02. The second-order valence-electron chi connectivity index (χ2n) is 1.86. The van der Waals surface area contributed by atoms with Crippen LogP contribution in [-0.4, -0.2) is 23.9 Å². The molecule has 0 fully saturated rings. The van der Waals surface area contributed by atoms with Crippen molar-refractivity contribution in [3.8, 4) is 0 Å². The first-order valence-electron chi connectivity index (χ1n) is 3.26. The number of alkyl halides is 3. The minimum absolute atomic E-state index is 0.253. The highest BCUT2D eigenvalue weighted by molar-refractivity contribution is 6.13. The Morgan fingerprint density at radius 1 is 1.27 bits per heavy atom. The standard InChI is InChI=1S/C5H9F3.BH3O2/c1-2-3-4-5(6,7)8;2-1-3/h2-4H2,1H3;1-3H. The van der Waals surface area contributed by atoms with Gasteiger partial charge in [-0.2, -0.15) is 13.2 Å². The molecule has 0 bridgehead atoms. The van der Waals surface area contributed by atoms with Gasteiger partial charge in [0.2, 0.25) is 0 Å². The molecule has 0 radical (unpaired) electrons. The quantitative estimate of drug-likeness (QED) is 0.609. The van der Waals surface area contributed by atoms with Gasteiger partial charge in [-0.3, -0.25) is 0 Å². The van der Waals surface area contributed by atoms with Crippen LogP contribution in [0, 0.1) is 0 Å². The summed E-state index contributed by atoms with van der Waals surface area (Å²) < 4.78 is 33.7. The van der Waals surface area contributed by atoms with Gasteiger partial charge in [-0.1, -0.05) is 13.3 Å². The average molecular weight is 172 g/mol. The van der Waals surface area contributed by atoms with Crippen molar-refractivity contribution < 1.29 is 23.2 Å². The molecule has 0 heterocycles. The molecule has 0 aromatic rings. The third kappa shape index (κ3) is 25.9. The molecule has 0 rings (SSSR count). The normalized spacial score (nSPS) is 10.0. The van der Waals surface area contributed by atoms with Crippen molar-refractivity contribution in [2.45, 2.75) is 32.4 Å². The Morgan fingerprint density at radius 2 is 1.64 bits per heavy atom. The molecule has 6 heteroatoms. The SMILES string of the molecule is CCCCC(F)(F)F.OBO. The average Bonchev–Trinajstić information content (AvgIpc) is 1.84. The Labute approximate surface area is 64.3 Å². The second kappa shape index (κ2) is 7.88. The summed E-state index contributed by atoms with van der Waals surface area (Å²) in [5.74, 6) is 0. The van der Waals surface area contributed by atoms with Crippen molar-refractivity contribution in [3.63, 3.8) is 0 Å².